The lowest BCUT2D eigenvalue weighted by atomic mass is 10.2. The molecule has 0 aliphatic rings. The zero-order chi connectivity index (χ0) is 13.4. The summed E-state index contributed by atoms with van der Waals surface area (Å²) in [5.74, 6) is 0.337. The fraction of sp³-hybridized carbons (Fsp3) is 0.417. The number of rotatable bonds is 4. The van der Waals surface area contributed by atoms with Gasteiger partial charge in [0.05, 0.1) is 0 Å². The third-order valence-electron chi connectivity index (χ3n) is 2.34. The third-order valence-corrected chi connectivity index (χ3v) is 2.58. The highest BCUT2D eigenvalue weighted by atomic mass is 32.1. The molecule has 1 heterocycles. The van der Waals surface area contributed by atoms with Gasteiger partial charge >= 0.3 is 0 Å². The van der Waals surface area contributed by atoms with Crippen LogP contribution in [0.3, 0.4) is 0 Å². The van der Waals surface area contributed by atoms with E-state index in [9.17, 15) is 0 Å². The maximum absolute atomic E-state index is 5.59. The van der Waals surface area contributed by atoms with Gasteiger partial charge < -0.3 is 16.4 Å². The predicted octanol–water partition coefficient (Wildman–Crippen LogP) is 0.731. The first-order valence-electron chi connectivity index (χ1n) is 5.88. The highest BCUT2D eigenvalue weighted by Crippen LogP contribution is 2.02. The minimum absolute atomic E-state index is 0.337. The van der Waals surface area contributed by atoms with Crippen LogP contribution in [0.2, 0.25) is 0 Å². The number of nitrogens with zero attached hydrogens (tertiary/aromatic N) is 2. The lowest BCUT2D eigenvalue weighted by molar-refractivity contribution is 0.829. The van der Waals surface area contributed by atoms with Gasteiger partial charge in [-0.05, 0) is 37.7 Å². The molecule has 0 aliphatic heterocycles. The van der Waals surface area contributed by atoms with E-state index in [2.05, 4.69) is 20.6 Å². The number of nitrogens with one attached hydrogen (secondary N) is 2. The van der Waals surface area contributed by atoms with Crippen molar-refractivity contribution in [2.24, 2.45) is 10.7 Å². The van der Waals surface area contributed by atoms with Crippen molar-refractivity contribution in [1.82, 2.24) is 15.6 Å². The van der Waals surface area contributed by atoms with Crippen molar-refractivity contribution < 1.29 is 0 Å². The second-order valence-corrected chi connectivity index (χ2v) is 4.17. The Labute approximate surface area is 113 Å². The van der Waals surface area contributed by atoms with Crippen LogP contribution in [0.15, 0.2) is 23.3 Å². The lowest BCUT2D eigenvalue weighted by Crippen LogP contribution is -2.43. The largest absolute Gasteiger partial charge is 0.370 e. The molecule has 0 bridgehead atoms. The highest BCUT2D eigenvalue weighted by Gasteiger charge is 2.00. The van der Waals surface area contributed by atoms with Gasteiger partial charge in [0, 0.05) is 31.4 Å². The van der Waals surface area contributed by atoms with Crippen LogP contribution >= 0.6 is 12.2 Å². The number of nitrogens with two attached hydrogens (primary N) is 1. The Hall–Kier alpha value is -1.69. The molecule has 0 spiro atoms. The summed E-state index contributed by atoms with van der Waals surface area (Å²) < 4.78 is 0. The molecule has 0 atom stereocenters. The maximum Gasteiger partial charge on any atom is 0.194 e. The Kier molecular flexibility index (Phi) is 6.07. The zero-order valence-electron chi connectivity index (χ0n) is 10.7. The van der Waals surface area contributed by atoms with Gasteiger partial charge in [0.15, 0.2) is 11.1 Å². The number of guanidine groups is 1. The molecule has 1 aromatic heterocycles. The first-order chi connectivity index (χ1) is 8.63. The van der Waals surface area contributed by atoms with E-state index in [1.165, 1.54) is 5.56 Å². The SMILES string of the molecule is CCN=C(N)NC(=S)NCCc1ncccc1C. The van der Waals surface area contributed by atoms with Crippen LogP contribution in [0.4, 0.5) is 0 Å². The second kappa shape index (κ2) is 7.60. The average Bonchev–Trinajstić information content (AvgIpc) is 2.31. The summed E-state index contributed by atoms with van der Waals surface area (Å²) in [6.45, 7) is 5.30. The Morgan fingerprint density at radius 3 is 3.00 bits per heavy atom. The number of hydrogen-bond acceptors (Lipinski definition) is 3. The fourth-order valence-electron chi connectivity index (χ4n) is 1.44. The molecule has 6 heteroatoms. The van der Waals surface area contributed by atoms with Crippen LogP contribution in [0.5, 0.6) is 0 Å². The molecule has 18 heavy (non-hydrogen) atoms. The Morgan fingerprint density at radius 1 is 1.56 bits per heavy atom. The highest BCUT2D eigenvalue weighted by molar-refractivity contribution is 7.80. The minimum atomic E-state index is 0.337. The molecule has 0 aliphatic carbocycles. The predicted molar refractivity (Wildman–Crippen MR) is 78.6 cm³/mol. The van der Waals surface area contributed by atoms with Crippen LogP contribution in [0.1, 0.15) is 18.2 Å². The fourth-order valence-corrected chi connectivity index (χ4v) is 1.65. The van der Waals surface area contributed by atoms with Crippen LogP contribution in [0, 0.1) is 6.92 Å². The molecule has 5 nitrogen and oxygen atoms in total. The van der Waals surface area contributed by atoms with Crippen molar-refractivity contribution in [3.05, 3.63) is 29.6 Å². The molecule has 0 aromatic carbocycles. The normalized spacial score (nSPS) is 11.1. The van der Waals surface area contributed by atoms with Gasteiger partial charge in [-0.3, -0.25) is 9.98 Å². The monoisotopic (exact) mass is 265 g/mol. The first-order valence-corrected chi connectivity index (χ1v) is 6.29. The van der Waals surface area contributed by atoms with Gasteiger partial charge in [0.25, 0.3) is 0 Å². The maximum atomic E-state index is 5.59. The van der Waals surface area contributed by atoms with E-state index in [-0.39, 0.29) is 0 Å². The molecule has 4 N–H and O–H groups in total. The molecule has 0 radical (unpaired) electrons. The topological polar surface area (TPSA) is 75.3 Å². The van der Waals surface area contributed by atoms with Crippen molar-refractivity contribution >= 4 is 23.3 Å². The lowest BCUT2D eigenvalue weighted by Gasteiger charge is -2.10. The van der Waals surface area contributed by atoms with Crippen molar-refractivity contribution in [2.45, 2.75) is 20.3 Å². The molecule has 0 amide bonds. The molecular formula is C12H19N5S. The summed E-state index contributed by atoms with van der Waals surface area (Å²) in [7, 11) is 0. The van der Waals surface area contributed by atoms with E-state index in [4.69, 9.17) is 18.0 Å². The Bertz CT molecular complexity index is 430. The summed E-state index contributed by atoms with van der Waals surface area (Å²) in [4.78, 5) is 8.30. The van der Waals surface area contributed by atoms with E-state index < -0.39 is 0 Å². The third kappa shape index (κ3) is 5.09. The average molecular weight is 265 g/mol. The Balaban J connectivity index is 2.32. The molecular weight excluding hydrogens is 246 g/mol. The Morgan fingerprint density at radius 2 is 2.33 bits per heavy atom. The summed E-state index contributed by atoms with van der Waals surface area (Å²) in [6, 6.07) is 3.98. The number of aromatic nitrogens is 1. The van der Waals surface area contributed by atoms with Gasteiger partial charge in [-0.15, -0.1) is 0 Å². The molecule has 0 fully saturated rings. The summed E-state index contributed by atoms with van der Waals surface area (Å²) in [6.07, 6.45) is 2.62. The molecule has 1 aromatic rings. The van der Waals surface area contributed by atoms with Crippen molar-refractivity contribution in [3.8, 4) is 0 Å². The summed E-state index contributed by atoms with van der Waals surface area (Å²) >= 11 is 5.09. The summed E-state index contributed by atoms with van der Waals surface area (Å²) in [5.41, 5.74) is 7.85. The first kappa shape index (κ1) is 14.4. The minimum Gasteiger partial charge on any atom is -0.370 e. The van der Waals surface area contributed by atoms with E-state index in [1.807, 2.05) is 26.0 Å². The quantitative estimate of drug-likeness (QED) is 0.425. The molecule has 0 unspecified atom stereocenters. The molecule has 0 saturated heterocycles. The zero-order valence-corrected chi connectivity index (χ0v) is 11.5. The number of aliphatic imine (C=N–C) groups is 1. The van der Waals surface area contributed by atoms with E-state index in [1.54, 1.807) is 6.20 Å². The van der Waals surface area contributed by atoms with Crippen LogP contribution < -0.4 is 16.4 Å². The number of thiocarbonyl (C=S) groups is 1. The number of aryl methyl sites for hydroxylation is 1. The van der Waals surface area contributed by atoms with E-state index in [0.29, 0.717) is 24.2 Å². The number of pyridine rings is 1. The van der Waals surface area contributed by atoms with Gasteiger partial charge in [-0.1, -0.05) is 6.07 Å². The van der Waals surface area contributed by atoms with Crippen molar-refractivity contribution in [1.29, 1.82) is 0 Å². The van der Waals surface area contributed by atoms with Crippen LogP contribution in [0.25, 0.3) is 0 Å². The summed E-state index contributed by atoms with van der Waals surface area (Å²) in [5, 5.41) is 6.36. The van der Waals surface area contributed by atoms with Gasteiger partial charge in [0.2, 0.25) is 0 Å². The smallest absolute Gasteiger partial charge is 0.194 e. The second-order valence-electron chi connectivity index (χ2n) is 3.76. The number of hydrogen-bond donors (Lipinski definition) is 3. The van der Waals surface area contributed by atoms with E-state index in [0.717, 1.165) is 12.1 Å². The van der Waals surface area contributed by atoms with Crippen LogP contribution in [-0.4, -0.2) is 29.1 Å². The molecule has 98 valence electrons. The van der Waals surface area contributed by atoms with Gasteiger partial charge in [-0.25, -0.2) is 0 Å². The van der Waals surface area contributed by atoms with Crippen molar-refractivity contribution in [2.75, 3.05) is 13.1 Å². The van der Waals surface area contributed by atoms with E-state index >= 15 is 0 Å². The molecule has 0 saturated carbocycles. The van der Waals surface area contributed by atoms with Crippen molar-refractivity contribution in [3.63, 3.8) is 0 Å². The standard InChI is InChI=1S/C12H19N5S/c1-3-14-11(13)17-12(18)16-8-6-10-9(2)5-4-7-15-10/h4-5,7H,3,6,8H2,1-2H3,(H4,13,14,16,17,18). The van der Waals surface area contributed by atoms with Gasteiger partial charge in [-0.2, -0.15) is 0 Å². The molecule has 1 rings (SSSR count). The van der Waals surface area contributed by atoms with Gasteiger partial charge in [0.1, 0.15) is 0 Å². The van der Waals surface area contributed by atoms with Crippen LogP contribution in [-0.2, 0) is 6.42 Å².